The van der Waals surface area contributed by atoms with Crippen LogP contribution in [0.2, 0.25) is 0 Å². The monoisotopic (exact) mass is 399 g/mol. The second-order valence-electron chi connectivity index (χ2n) is 7.31. The van der Waals surface area contributed by atoms with Crippen molar-refractivity contribution >= 4 is 5.91 Å². The van der Waals surface area contributed by atoms with Gasteiger partial charge in [-0.3, -0.25) is 4.79 Å². The summed E-state index contributed by atoms with van der Waals surface area (Å²) in [6.45, 7) is 0.565. The number of methoxy groups -OCH3 is 4. The van der Waals surface area contributed by atoms with E-state index in [4.69, 9.17) is 18.9 Å². The second-order valence-corrected chi connectivity index (χ2v) is 7.31. The summed E-state index contributed by atoms with van der Waals surface area (Å²) in [5.41, 5.74) is 1.61. The molecule has 0 saturated heterocycles. The third kappa shape index (κ3) is 4.26. The molecular formula is C23H29NO5. The van der Waals surface area contributed by atoms with Crippen LogP contribution in [0, 0.1) is 0 Å². The fourth-order valence-electron chi connectivity index (χ4n) is 4.11. The lowest BCUT2D eigenvalue weighted by Gasteiger charge is -2.30. The van der Waals surface area contributed by atoms with Crippen molar-refractivity contribution in [2.24, 2.45) is 0 Å². The third-order valence-electron chi connectivity index (χ3n) is 5.79. The Labute approximate surface area is 172 Å². The number of hydrogen-bond acceptors (Lipinski definition) is 5. The maximum atomic E-state index is 12.8. The van der Waals surface area contributed by atoms with Crippen LogP contribution in [0.1, 0.15) is 41.6 Å². The topological polar surface area (TPSA) is 66.0 Å². The van der Waals surface area contributed by atoms with Crippen LogP contribution in [0.4, 0.5) is 0 Å². The highest BCUT2D eigenvalue weighted by molar-refractivity contribution is 5.95. The molecule has 2 aromatic rings. The average Bonchev–Trinajstić information content (AvgIpc) is 3.26. The summed E-state index contributed by atoms with van der Waals surface area (Å²) in [5, 5.41) is 3.13. The van der Waals surface area contributed by atoms with Crippen LogP contribution in [0.15, 0.2) is 36.4 Å². The van der Waals surface area contributed by atoms with E-state index in [1.165, 1.54) is 5.56 Å². The first kappa shape index (κ1) is 20.8. The van der Waals surface area contributed by atoms with Crippen LogP contribution >= 0.6 is 0 Å². The summed E-state index contributed by atoms with van der Waals surface area (Å²) in [6, 6.07) is 11.2. The third-order valence-corrected chi connectivity index (χ3v) is 5.79. The predicted octanol–water partition coefficient (Wildman–Crippen LogP) is 3.96. The molecule has 0 aromatic heterocycles. The van der Waals surface area contributed by atoms with Crippen molar-refractivity contribution < 1.29 is 23.7 Å². The highest BCUT2D eigenvalue weighted by atomic mass is 16.5. The predicted molar refractivity (Wildman–Crippen MR) is 112 cm³/mol. The van der Waals surface area contributed by atoms with E-state index < -0.39 is 0 Å². The van der Waals surface area contributed by atoms with Crippen molar-refractivity contribution in [1.82, 2.24) is 5.32 Å². The molecule has 1 amide bonds. The fourth-order valence-corrected chi connectivity index (χ4v) is 4.11. The van der Waals surface area contributed by atoms with Crippen LogP contribution < -0.4 is 24.3 Å². The second kappa shape index (κ2) is 9.07. The molecule has 0 radical (unpaired) electrons. The molecular weight excluding hydrogens is 370 g/mol. The van der Waals surface area contributed by atoms with Crippen LogP contribution in [0.25, 0.3) is 0 Å². The molecule has 1 aliphatic rings. The summed E-state index contributed by atoms with van der Waals surface area (Å²) in [7, 11) is 6.41. The summed E-state index contributed by atoms with van der Waals surface area (Å²) < 4.78 is 21.4. The Balaban J connectivity index is 1.80. The average molecular weight is 399 g/mol. The number of ether oxygens (including phenoxy) is 4. The number of hydrogen-bond donors (Lipinski definition) is 1. The van der Waals surface area contributed by atoms with Gasteiger partial charge in [-0.1, -0.05) is 18.9 Å². The van der Waals surface area contributed by atoms with Gasteiger partial charge in [-0.05, 0) is 48.7 Å². The van der Waals surface area contributed by atoms with Gasteiger partial charge in [0.1, 0.15) is 0 Å². The standard InChI is InChI=1S/C23H29NO5/c1-26-18-9-7-16(13-20(18)28-3)22(25)24-15-23(11-5-6-12-23)17-8-10-19(27-2)21(14-17)29-4/h7-10,13-14H,5-6,11-12,15H2,1-4H3,(H,24,25). The Hall–Kier alpha value is -2.89. The molecule has 2 aromatic carbocycles. The maximum Gasteiger partial charge on any atom is 0.251 e. The molecule has 0 atom stereocenters. The molecule has 3 rings (SSSR count). The summed E-state index contributed by atoms with van der Waals surface area (Å²) in [4.78, 5) is 12.8. The molecule has 0 aliphatic heterocycles. The first-order chi connectivity index (χ1) is 14.1. The SMILES string of the molecule is COc1ccc(C(=O)NCC2(c3ccc(OC)c(OC)c3)CCCC2)cc1OC. The van der Waals surface area contributed by atoms with E-state index in [0.717, 1.165) is 25.7 Å². The lowest BCUT2D eigenvalue weighted by molar-refractivity contribution is 0.0942. The molecule has 1 aliphatic carbocycles. The van der Waals surface area contributed by atoms with Crippen molar-refractivity contribution in [3.05, 3.63) is 47.5 Å². The molecule has 6 heteroatoms. The molecule has 0 unspecified atom stereocenters. The van der Waals surface area contributed by atoms with Crippen LogP contribution in [0.5, 0.6) is 23.0 Å². The van der Waals surface area contributed by atoms with E-state index in [-0.39, 0.29) is 11.3 Å². The van der Waals surface area contributed by atoms with Gasteiger partial charge < -0.3 is 24.3 Å². The van der Waals surface area contributed by atoms with Gasteiger partial charge in [0.2, 0.25) is 0 Å². The first-order valence-corrected chi connectivity index (χ1v) is 9.79. The lowest BCUT2D eigenvalue weighted by atomic mass is 9.78. The summed E-state index contributed by atoms with van der Waals surface area (Å²) in [5.74, 6) is 2.43. The molecule has 6 nitrogen and oxygen atoms in total. The van der Waals surface area contributed by atoms with Gasteiger partial charge in [-0.25, -0.2) is 0 Å². The molecule has 1 fully saturated rings. The highest BCUT2D eigenvalue weighted by Crippen LogP contribution is 2.43. The van der Waals surface area contributed by atoms with Crippen LogP contribution in [-0.4, -0.2) is 40.9 Å². The smallest absolute Gasteiger partial charge is 0.251 e. The lowest BCUT2D eigenvalue weighted by Crippen LogP contribution is -2.39. The normalized spacial score (nSPS) is 14.9. The minimum atomic E-state index is -0.127. The number of rotatable bonds is 8. The quantitative estimate of drug-likeness (QED) is 0.728. The number of carbonyl (C=O) groups excluding carboxylic acids is 1. The van der Waals surface area contributed by atoms with Crippen molar-refractivity contribution in [2.45, 2.75) is 31.1 Å². The molecule has 29 heavy (non-hydrogen) atoms. The van der Waals surface area contributed by atoms with Gasteiger partial charge in [0.05, 0.1) is 28.4 Å². The van der Waals surface area contributed by atoms with E-state index in [1.54, 1.807) is 46.6 Å². The first-order valence-electron chi connectivity index (χ1n) is 9.79. The zero-order valence-electron chi connectivity index (χ0n) is 17.5. The van der Waals surface area contributed by atoms with Gasteiger partial charge in [0, 0.05) is 17.5 Å². The van der Waals surface area contributed by atoms with Crippen LogP contribution in [0.3, 0.4) is 0 Å². The van der Waals surface area contributed by atoms with E-state index in [0.29, 0.717) is 35.1 Å². The Kier molecular flexibility index (Phi) is 6.52. The Morgan fingerprint density at radius 2 is 1.38 bits per heavy atom. The molecule has 156 valence electrons. The fraction of sp³-hybridized carbons (Fsp3) is 0.435. The number of nitrogens with one attached hydrogen (secondary N) is 1. The van der Waals surface area contributed by atoms with Gasteiger partial charge >= 0.3 is 0 Å². The minimum Gasteiger partial charge on any atom is -0.493 e. The molecule has 1 saturated carbocycles. The van der Waals surface area contributed by atoms with Crippen LogP contribution in [-0.2, 0) is 5.41 Å². The number of carbonyl (C=O) groups is 1. The summed E-state index contributed by atoms with van der Waals surface area (Å²) >= 11 is 0. The maximum absolute atomic E-state index is 12.8. The molecule has 0 spiro atoms. The zero-order valence-corrected chi connectivity index (χ0v) is 17.5. The van der Waals surface area contributed by atoms with E-state index in [2.05, 4.69) is 11.4 Å². The van der Waals surface area contributed by atoms with Gasteiger partial charge in [-0.15, -0.1) is 0 Å². The molecule has 0 bridgehead atoms. The highest BCUT2D eigenvalue weighted by Gasteiger charge is 2.36. The number of benzene rings is 2. The van der Waals surface area contributed by atoms with Crippen molar-refractivity contribution in [2.75, 3.05) is 35.0 Å². The van der Waals surface area contributed by atoms with Gasteiger partial charge in [-0.2, -0.15) is 0 Å². The Bertz CT molecular complexity index is 858. The Morgan fingerprint density at radius 3 is 1.97 bits per heavy atom. The van der Waals surface area contributed by atoms with Gasteiger partial charge in [0.25, 0.3) is 5.91 Å². The van der Waals surface area contributed by atoms with Crippen molar-refractivity contribution in [3.8, 4) is 23.0 Å². The molecule has 0 heterocycles. The van der Waals surface area contributed by atoms with Crippen molar-refractivity contribution in [3.63, 3.8) is 0 Å². The van der Waals surface area contributed by atoms with Gasteiger partial charge in [0.15, 0.2) is 23.0 Å². The minimum absolute atomic E-state index is 0.105. The van der Waals surface area contributed by atoms with E-state index in [9.17, 15) is 4.79 Å². The Morgan fingerprint density at radius 1 is 0.828 bits per heavy atom. The number of amides is 1. The largest absolute Gasteiger partial charge is 0.493 e. The van der Waals surface area contributed by atoms with E-state index >= 15 is 0 Å². The van der Waals surface area contributed by atoms with E-state index in [1.807, 2.05) is 12.1 Å². The van der Waals surface area contributed by atoms with Crippen molar-refractivity contribution in [1.29, 1.82) is 0 Å². The zero-order chi connectivity index (χ0) is 20.9. The summed E-state index contributed by atoms with van der Waals surface area (Å²) in [6.07, 6.45) is 4.32. The molecule has 1 N–H and O–H groups in total.